The molecular formula is C9H6N4. The molecule has 0 saturated heterocycles. The smallest absolute Gasteiger partial charge is 0.116 e. The number of rotatable bonds is 0. The molecule has 62 valence electrons. The van der Waals surface area contributed by atoms with E-state index in [0.29, 0.717) is 0 Å². The van der Waals surface area contributed by atoms with Gasteiger partial charge in [0.2, 0.25) is 0 Å². The van der Waals surface area contributed by atoms with Crippen LogP contribution in [0.2, 0.25) is 0 Å². The molecule has 4 heteroatoms. The minimum atomic E-state index is 0.937. The van der Waals surface area contributed by atoms with Crippen LogP contribution >= 0.6 is 0 Å². The first-order chi connectivity index (χ1) is 6.45. The average Bonchev–Trinajstić information content (AvgIpc) is 2.65. The van der Waals surface area contributed by atoms with E-state index < -0.39 is 0 Å². The zero-order chi connectivity index (χ0) is 8.67. The minimum absolute atomic E-state index is 0.937. The van der Waals surface area contributed by atoms with E-state index in [1.165, 1.54) is 0 Å². The quantitative estimate of drug-likeness (QED) is 0.556. The molecule has 3 aromatic rings. The summed E-state index contributed by atoms with van der Waals surface area (Å²) in [5.74, 6) is 0. The normalized spacial score (nSPS) is 11.1. The summed E-state index contributed by atoms with van der Waals surface area (Å²) in [4.78, 5) is 8.14. The van der Waals surface area contributed by atoms with Crippen molar-refractivity contribution in [3.8, 4) is 0 Å². The highest BCUT2D eigenvalue weighted by Crippen LogP contribution is 2.19. The molecular weight excluding hydrogens is 164 g/mol. The molecule has 1 aromatic carbocycles. The summed E-state index contributed by atoms with van der Waals surface area (Å²) >= 11 is 0. The molecule has 1 N–H and O–H groups in total. The molecule has 13 heavy (non-hydrogen) atoms. The van der Waals surface area contributed by atoms with Crippen LogP contribution in [0.1, 0.15) is 0 Å². The Kier molecular flexibility index (Phi) is 1.14. The van der Waals surface area contributed by atoms with E-state index in [2.05, 4.69) is 20.2 Å². The van der Waals surface area contributed by atoms with Crippen molar-refractivity contribution in [3.05, 3.63) is 30.9 Å². The summed E-state index contributed by atoms with van der Waals surface area (Å²) in [6, 6.07) is 3.96. The van der Waals surface area contributed by atoms with E-state index in [1.807, 2.05) is 12.1 Å². The van der Waals surface area contributed by atoms with Gasteiger partial charge >= 0.3 is 0 Å². The van der Waals surface area contributed by atoms with Crippen LogP contribution in [-0.2, 0) is 0 Å². The van der Waals surface area contributed by atoms with Crippen LogP contribution in [0.15, 0.2) is 30.9 Å². The van der Waals surface area contributed by atoms with Crippen LogP contribution in [0.3, 0.4) is 0 Å². The Labute approximate surface area is 73.6 Å². The van der Waals surface area contributed by atoms with E-state index in [0.717, 1.165) is 21.8 Å². The molecule has 4 nitrogen and oxygen atoms in total. The van der Waals surface area contributed by atoms with Crippen LogP contribution in [-0.4, -0.2) is 20.2 Å². The molecule has 0 bridgehead atoms. The molecule has 0 aliphatic heterocycles. The molecule has 0 aliphatic carbocycles. The predicted octanol–water partition coefficient (Wildman–Crippen LogP) is 1.51. The summed E-state index contributed by atoms with van der Waals surface area (Å²) in [7, 11) is 0. The number of hydrogen-bond acceptors (Lipinski definition) is 3. The van der Waals surface area contributed by atoms with Gasteiger partial charge in [0.15, 0.2) is 0 Å². The lowest BCUT2D eigenvalue weighted by Crippen LogP contribution is -1.81. The number of hydrogen-bond donors (Lipinski definition) is 1. The van der Waals surface area contributed by atoms with E-state index in [-0.39, 0.29) is 0 Å². The summed E-state index contributed by atoms with van der Waals surface area (Å²) in [6.45, 7) is 0. The Hall–Kier alpha value is -1.97. The van der Waals surface area contributed by atoms with E-state index in [4.69, 9.17) is 0 Å². The molecule has 0 spiro atoms. The van der Waals surface area contributed by atoms with Crippen molar-refractivity contribution in [3.63, 3.8) is 0 Å². The first-order valence-electron chi connectivity index (χ1n) is 3.97. The number of H-pyrrole nitrogens is 1. The van der Waals surface area contributed by atoms with Crippen LogP contribution in [0.4, 0.5) is 0 Å². The lowest BCUT2D eigenvalue weighted by Gasteiger charge is -1.95. The molecule has 3 rings (SSSR count). The topological polar surface area (TPSA) is 54.5 Å². The highest BCUT2D eigenvalue weighted by molar-refractivity contribution is 6.02. The van der Waals surface area contributed by atoms with Crippen molar-refractivity contribution >= 4 is 21.8 Å². The number of nitrogens with one attached hydrogen (secondary N) is 1. The van der Waals surface area contributed by atoms with Crippen LogP contribution in [0.5, 0.6) is 0 Å². The molecule has 0 amide bonds. The van der Waals surface area contributed by atoms with Gasteiger partial charge in [0.05, 0.1) is 17.2 Å². The molecule has 2 heterocycles. The Morgan fingerprint density at radius 3 is 3.15 bits per heavy atom. The highest BCUT2D eigenvalue weighted by atomic mass is 15.1. The van der Waals surface area contributed by atoms with E-state index in [1.54, 1.807) is 18.7 Å². The van der Waals surface area contributed by atoms with Crippen molar-refractivity contribution in [2.24, 2.45) is 0 Å². The van der Waals surface area contributed by atoms with Gasteiger partial charge < -0.3 is 0 Å². The second-order valence-electron chi connectivity index (χ2n) is 2.86. The monoisotopic (exact) mass is 170 g/mol. The van der Waals surface area contributed by atoms with Crippen LogP contribution < -0.4 is 0 Å². The van der Waals surface area contributed by atoms with Crippen molar-refractivity contribution in [2.75, 3.05) is 0 Å². The van der Waals surface area contributed by atoms with Gasteiger partial charge in [-0.15, -0.1) is 0 Å². The largest absolute Gasteiger partial charge is 0.277 e. The molecule has 0 aliphatic rings. The Balaban J connectivity index is 2.65. The van der Waals surface area contributed by atoms with Gasteiger partial charge in [-0.25, -0.2) is 9.97 Å². The van der Waals surface area contributed by atoms with Crippen molar-refractivity contribution in [2.45, 2.75) is 0 Å². The predicted molar refractivity (Wildman–Crippen MR) is 49.2 cm³/mol. The van der Waals surface area contributed by atoms with E-state index in [9.17, 15) is 0 Å². The third-order valence-electron chi connectivity index (χ3n) is 2.10. The van der Waals surface area contributed by atoms with Crippen LogP contribution in [0, 0.1) is 0 Å². The third-order valence-corrected chi connectivity index (χ3v) is 2.10. The van der Waals surface area contributed by atoms with Gasteiger partial charge in [-0.2, -0.15) is 5.10 Å². The maximum absolute atomic E-state index is 4.15. The maximum atomic E-state index is 4.15. The van der Waals surface area contributed by atoms with Gasteiger partial charge in [-0.3, -0.25) is 5.10 Å². The number of benzene rings is 1. The maximum Gasteiger partial charge on any atom is 0.116 e. The van der Waals surface area contributed by atoms with Gasteiger partial charge in [-0.05, 0) is 12.1 Å². The molecule has 0 fully saturated rings. The molecule has 2 aromatic heterocycles. The summed E-state index contributed by atoms with van der Waals surface area (Å²) < 4.78 is 0. The Morgan fingerprint density at radius 1 is 1.15 bits per heavy atom. The van der Waals surface area contributed by atoms with Gasteiger partial charge in [0.1, 0.15) is 6.33 Å². The molecule has 0 atom stereocenters. The fraction of sp³-hybridized carbons (Fsp3) is 0. The first kappa shape index (κ1) is 6.54. The average molecular weight is 170 g/mol. The highest BCUT2D eigenvalue weighted by Gasteiger charge is 2.01. The lowest BCUT2D eigenvalue weighted by atomic mass is 10.2. The number of fused-ring (bicyclic) bond motifs is 3. The number of aromatic amines is 1. The van der Waals surface area contributed by atoms with Gasteiger partial charge in [-0.1, -0.05) is 0 Å². The number of aromatic nitrogens is 4. The molecule has 0 unspecified atom stereocenters. The Bertz CT molecular complexity index is 570. The molecule has 0 radical (unpaired) electrons. The minimum Gasteiger partial charge on any atom is -0.277 e. The standard InChI is InChI=1S/C9H6N4/c1-2-8-7(4-10-5-11-8)9-6(1)3-12-13-9/h1-5H,(H,12,13). The summed E-state index contributed by atoms with van der Waals surface area (Å²) in [6.07, 6.45) is 5.13. The summed E-state index contributed by atoms with van der Waals surface area (Å²) in [5, 5.41) is 9.00. The van der Waals surface area contributed by atoms with Crippen molar-refractivity contribution < 1.29 is 0 Å². The SMILES string of the molecule is c1ncc2c(ccc3cn[nH]c32)n1. The van der Waals surface area contributed by atoms with E-state index >= 15 is 0 Å². The fourth-order valence-corrected chi connectivity index (χ4v) is 1.47. The molecule has 0 saturated carbocycles. The third kappa shape index (κ3) is 0.823. The van der Waals surface area contributed by atoms with Crippen molar-refractivity contribution in [1.29, 1.82) is 0 Å². The number of nitrogens with zero attached hydrogens (tertiary/aromatic N) is 3. The van der Waals surface area contributed by atoms with Gasteiger partial charge in [0, 0.05) is 17.0 Å². The zero-order valence-electron chi connectivity index (χ0n) is 6.73. The second kappa shape index (κ2) is 2.26. The summed E-state index contributed by atoms with van der Waals surface area (Å²) in [5.41, 5.74) is 1.94. The fourth-order valence-electron chi connectivity index (χ4n) is 1.47. The lowest BCUT2D eigenvalue weighted by molar-refractivity contribution is 1.12. The first-order valence-corrected chi connectivity index (χ1v) is 3.97. The second-order valence-corrected chi connectivity index (χ2v) is 2.86. The Morgan fingerprint density at radius 2 is 2.15 bits per heavy atom. The van der Waals surface area contributed by atoms with Gasteiger partial charge in [0.25, 0.3) is 0 Å². The van der Waals surface area contributed by atoms with Crippen molar-refractivity contribution in [1.82, 2.24) is 20.2 Å². The van der Waals surface area contributed by atoms with Crippen LogP contribution in [0.25, 0.3) is 21.8 Å². The zero-order valence-corrected chi connectivity index (χ0v) is 6.73.